The van der Waals surface area contributed by atoms with Crippen LogP contribution in [0.25, 0.3) is 11.1 Å². The van der Waals surface area contributed by atoms with Gasteiger partial charge in [0.15, 0.2) is 0 Å². The number of alkyl halides is 3. The van der Waals surface area contributed by atoms with E-state index in [0.29, 0.717) is 16.7 Å². The summed E-state index contributed by atoms with van der Waals surface area (Å²) >= 11 is 0. The van der Waals surface area contributed by atoms with E-state index in [-0.39, 0.29) is 34.1 Å². The molecule has 0 aromatic heterocycles. The molecule has 0 saturated heterocycles. The number of hydrogen-bond acceptors (Lipinski definition) is 8. The molecular formula is C29H22F3N3O5. The molecule has 2 N–H and O–H groups in total. The van der Waals surface area contributed by atoms with Gasteiger partial charge in [0.05, 0.1) is 37.4 Å². The summed E-state index contributed by atoms with van der Waals surface area (Å²) < 4.78 is 51.7. The van der Waals surface area contributed by atoms with Gasteiger partial charge >= 0.3 is 18.3 Å². The molecule has 0 saturated carbocycles. The van der Waals surface area contributed by atoms with E-state index in [0.717, 1.165) is 26.4 Å². The normalized spacial score (nSPS) is 15.4. The third kappa shape index (κ3) is 5.47. The summed E-state index contributed by atoms with van der Waals surface area (Å²) in [5.74, 6) is -3.29. The lowest BCUT2D eigenvalue weighted by molar-refractivity contribution is -0.274. The third-order valence-corrected chi connectivity index (χ3v) is 6.14. The van der Waals surface area contributed by atoms with Crippen molar-refractivity contribution in [3.63, 3.8) is 0 Å². The van der Waals surface area contributed by atoms with E-state index in [2.05, 4.69) is 10.8 Å². The van der Waals surface area contributed by atoms with E-state index in [9.17, 15) is 28.0 Å². The number of rotatable bonds is 6. The molecule has 8 nitrogen and oxygen atoms in total. The number of methoxy groups -OCH3 is 2. The van der Waals surface area contributed by atoms with Crippen LogP contribution in [-0.2, 0) is 19.1 Å². The first kappa shape index (κ1) is 27.8. The number of hydrogen-bond donors (Lipinski definition) is 1. The Morgan fingerprint density at radius 3 is 2.12 bits per heavy atom. The minimum absolute atomic E-state index is 0.00157. The van der Waals surface area contributed by atoms with Crippen molar-refractivity contribution < 1.29 is 37.0 Å². The highest BCUT2D eigenvalue weighted by atomic mass is 19.4. The van der Waals surface area contributed by atoms with Crippen molar-refractivity contribution in [1.29, 1.82) is 5.26 Å². The van der Waals surface area contributed by atoms with E-state index in [1.807, 2.05) is 0 Å². The Labute approximate surface area is 227 Å². The number of allylic oxidation sites excluding steroid dienone is 1. The van der Waals surface area contributed by atoms with Crippen LogP contribution in [0.15, 0.2) is 102 Å². The van der Waals surface area contributed by atoms with Crippen molar-refractivity contribution in [3.8, 4) is 22.9 Å². The monoisotopic (exact) mass is 549 g/mol. The fraction of sp³-hybridized carbons (Fsp3) is 0.138. The first-order chi connectivity index (χ1) is 19.1. The van der Waals surface area contributed by atoms with Crippen molar-refractivity contribution in [2.45, 2.75) is 12.3 Å². The van der Waals surface area contributed by atoms with Gasteiger partial charge in [-0.15, -0.1) is 13.2 Å². The maximum Gasteiger partial charge on any atom is 0.573 e. The molecule has 0 aliphatic carbocycles. The summed E-state index contributed by atoms with van der Waals surface area (Å²) in [5.41, 5.74) is 7.99. The SMILES string of the molecule is COC(=O)C1=C(C(=O)OC)N(c2cccc(-c3ccc(OC(F)(F)F)cc3)c2)C(N)=C(C#N)C1c1ccccc1. The molecule has 1 heterocycles. The lowest BCUT2D eigenvalue weighted by Gasteiger charge is -2.36. The molecule has 0 amide bonds. The average molecular weight is 550 g/mol. The average Bonchev–Trinajstić information content (AvgIpc) is 2.95. The summed E-state index contributed by atoms with van der Waals surface area (Å²) in [6.45, 7) is 0. The van der Waals surface area contributed by atoms with Crippen molar-refractivity contribution in [2.24, 2.45) is 5.73 Å². The Hall–Kier alpha value is -5.24. The highest BCUT2D eigenvalue weighted by Gasteiger charge is 2.43. The molecule has 40 heavy (non-hydrogen) atoms. The number of benzene rings is 3. The second-order valence-corrected chi connectivity index (χ2v) is 8.46. The van der Waals surface area contributed by atoms with Gasteiger partial charge in [0.1, 0.15) is 17.3 Å². The van der Waals surface area contributed by atoms with Crippen LogP contribution >= 0.6 is 0 Å². The van der Waals surface area contributed by atoms with Crippen LogP contribution in [0.3, 0.4) is 0 Å². The Bertz CT molecular complexity index is 1540. The number of nitriles is 1. The highest BCUT2D eigenvalue weighted by molar-refractivity contribution is 6.06. The fourth-order valence-electron chi connectivity index (χ4n) is 4.46. The molecule has 1 aliphatic heterocycles. The van der Waals surface area contributed by atoms with Gasteiger partial charge in [0.2, 0.25) is 0 Å². The van der Waals surface area contributed by atoms with Gasteiger partial charge in [-0.2, -0.15) is 5.26 Å². The zero-order valence-electron chi connectivity index (χ0n) is 21.2. The van der Waals surface area contributed by atoms with Crippen LogP contribution in [-0.4, -0.2) is 32.5 Å². The number of halogens is 3. The first-order valence-electron chi connectivity index (χ1n) is 11.7. The topological polar surface area (TPSA) is 115 Å². The molecule has 0 radical (unpaired) electrons. The predicted molar refractivity (Wildman–Crippen MR) is 138 cm³/mol. The molecule has 3 aromatic carbocycles. The second-order valence-electron chi connectivity index (χ2n) is 8.46. The van der Waals surface area contributed by atoms with Gasteiger partial charge in [-0.1, -0.05) is 54.6 Å². The van der Waals surface area contributed by atoms with Gasteiger partial charge in [-0.3, -0.25) is 4.90 Å². The van der Waals surface area contributed by atoms with Crippen LogP contribution in [0.1, 0.15) is 11.5 Å². The Balaban J connectivity index is 1.90. The number of nitrogens with two attached hydrogens (primary N) is 1. The van der Waals surface area contributed by atoms with Crippen molar-refractivity contribution in [3.05, 3.63) is 107 Å². The predicted octanol–water partition coefficient (Wildman–Crippen LogP) is 5.15. The van der Waals surface area contributed by atoms with Crippen molar-refractivity contribution >= 4 is 17.6 Å². The number of ether oxygens (including phenoxy) is 3. The Morgan fingerprint density at radius 1 is 0.900 bits per heavy atom. The maximum atomic E-state index is 13.2. The van der Waals surface area contributed by atoms with Gasteiger partial charge in [0.25, 0.3) is 0 Å². The summed E-state index contributed by atoms with van der Waals surface area (Å²) in [6, 6.07) is 22.3. The molecule has 0 bridgehead atoms. The minimum Gasteiger partial charge on any atom is -0.466 e. The molecule has 1 aliphatic rings. The molecule has 0 spiro atoms. The van der Waals surface area contributed by atoms with E-state index >= 15 is 0 Å². The van der Waals surface area contributed by atoms with E-state index in [4.69, 9.17) is 15.2 Å². The highest BCUT2D eigenvalue weighted by Crippen LogP contribution is 2.43. The summed E-state index contributed by atoms with van der Waals surface area (Å²) in [4.78, 5) is 27.6. The van der Waals surface area contributed by atoms with Gasteiger partial charge in [-0.25, -0.2) is 9.59 Å². The third-order valence-electron chi connectivity index (χ3n) is 6.14. The number of carbonyl (C=O) groups excluding carboxylic acids is 2. The standard InChI is InChI=1S/C29H22F3N3O5/c1-38-27(36)24-23(18-7-4-3-5-8-18)22(16-33)26(34)35(25(24)28(37)39-2)20-10-6-9-19(15-20)17-11-13-21(14-12-17)40-29(30,31)32/h3-15,23H,34H2,1-2H3. The molecule has 11 heteroatoms. The molecule has 3 aromatic rings. The number of nitrogens with zero attached hydrogens (tertiary/aromatic N) is 2. The molecule has 4 rings (SSSR count). The molecule has 1 unspecified atom stereocenters. The zero-order valence-corrected chi connectivity index (χ0v) is 21.2. The van der Waals surface area contributed by atoms with Crippen LogP contribution in [0.5, 0.6) is 5.75 Å². The van der Waals surface area contributed by atoms with Crippen LogP contribution in [0, 0.1) is 11.3 Å². The largest absolute Gasteiger partial charge is 0.573 e. The molecule has 0 fully saturated rings. The van der Waals surface area contributed by atoms with Crippen LogP contribution in [0.4, 0.5) is 18.9 Å². The summed E-state index contributed by atoms with van der Waals surface area (Å²) in [6.07, 6.45) is -4.83. The fourth-order valence-corrected chi connectivity index (χ4v) is 4.46. The lowest BCUT2D eigenvalue weighted by Crippen LogP contribution is -2.40. The van der Waals surface area contributed by atoms with Gasteiger partial charge in [-0.05, 0) is 41.0 Å². The second kappa shape index (κ2) is 11.2. The Morgan fingerprint density at radius 2 is 1.55 bits per heavy atom. The van der Waals surface area contributed by atoms with Crippen molar-refractivity contribution in [2.75, 3.05) is 19.1 Å². The smallest absolute Gasteiger partial charge is 0.466 e. The van der Waals surface area contributed by atoms with Gasteiger partial charge in [0, 0.05) is 5.69 Å². The first-order valence-corrected chi connectivity index (χ1v) is 11.7. The lowest BCUT2D eigenvalue weighted by atomic mass is 9.81. The van der Waals surface area contributed by atoms with E-state index in [1.54, 1.807) is 54.6 Å². The summed E-state index contributed by atoms with van der Waals surface area (Å²) in [5, 5.41) is 10.2. The van der Waals surface area contributed by atoms with E-state index in [1.165, 1.54) is 17.0 Å². The zero-order chi connectivity index (χ0) is 29.0. The quantitative estimate of drug-likeness (QED) is 0.420. The Kier molecular flexibility index (Phi) is 7.81. The van der Waals surface area contributed by atoms with Gasteiger partial charge < -0.3 is 19.9 Å². The minimum atomic E-state index is -4.83. The number of esters is 2. The van der Waals surface area contributed by atoms with E-state index < -0.39 is 24.2 Å². The number of anilines is 1. The van der Waals surface area contributed by atoms with Crippen molar-refractivity contribution in [1.82, 2.24) is 0 Å². The van der Waals surface area contributed by atoms with Crippen LogP contribution in [0.2, 0.25) is 0 Å². The summed E-state index contributed by atoms with van der Waals surface area (Å²) in [7, 11) is 2.29. The number of carbonyl (C=O) groups is 2. The molecule has 204 valence electrons. The maximum absolute atomic E-state index is 13.2. The molecular weight excluding hydrogens is 527 g/mol. The molecule has 1 atom stereocenters. The van der Waals surface area contributed by atoms with Crippen LogP contribution < -0.4 is 15.4 Å².